The van der Waals surface area contributed by atoms with Gasteiger partial charge < -0.3 is 4.74 Å². The van der Waals surface area contributed by atoms with Crippen LogP contribution in [-0.4, -0.2) is 27.3 Å². The smallest absolute Gasteiger partial charge is 0.198 e. The lowest BCUT2D eigenvalue weighted by molar-refractivity contribution is 0.398. The van der Waals surface area contributed by atoms with Gasteiger partial charge in [0, 0.05) is 6.92 Å². The predicted molar refractivity (Wildman–Crippen MR) is 63.3 cm³/mol. The Kier molecular flexibility index (Phi) is 4.06. The average molecular weight is 241 g/mol. The lowest BCUT2D eigenvalue weighted by Gasteiger charge is -2.02. The molecule has 1 aromatic rings. The van der Waals surface area contributed by atoms with Gasteiger partial charge in [-0.1, -0.05) is 17.7 Å². The van der Waals surface area contributed by atoms with Crippen LogP contribution < -0.4 is 0 Å². The summed E-state index contributed by atoms with van der Waals surface area (Å²) >= 11 is 0. The summed E-state index contributed by atoms with van der Waals surface area (Å²) in [6.45, 7) is 3.52. The molecule has 5 heteroatoms. The molecular weight excluding hydrogens is 226 g/mol. The van der Waals surface area contributed by atoms with Crippen molar-refractivity contribution >= 4 is 15.7 Å². The van der Waals surface area contributed by atoms with E-state index < -0.39 is 9.84 Å². The molecule has 88 valence electrons. The van der Waals surface area contributed by atoms with Crippen LogP contribution in [0, 0.1) is 6.92 Å². The van der Waals surface area contributed by atoms with Gasteiger partial charge in [-0.25, -0.2) is 13.4 Å². The Labute approximate surface area is 95.9 Å². The number of hydrogen-bond acceptors (Lipinski definition) is 4. The highest BCUT2D eigenvalue weighted by molar-refractivity contribution is 7.91. The first-order chi connectivity index (χ1) is 7.45. The lowest BCUT2D eigenvalue weighted by Crippen LogP contribution is -2.07. The van der Waals surface area contributed by atoms with Gasteiger partial charge in [-0.05, 0) is 19.1 Å². The molecule has 0 bridgehead atoms. The van der Waals surface area contributed by atoms with E-state index in [9.17, 15) is 8.42 Å². The van der Waals surface area contributed by atoms with Gasteiger partial charge in [-0.3, -0.25) is 0 Å². The van der Waals surface area contributed by atoms with Crippen molar-refractivity contribution in [3.05, 3.63) is 29.8 Å². The van der Waals surface area contributed by atoms with Crippen molar-refractivity contribution in [2.45, 2.75) is 18.7 Å². The third-order valence-corrected chi connectivity index (χ3v) is 3.59. The molecule has 0 radical (unpaired) electrons. The topological polar surface area (TPSA) is 55.7 Å². The Hall–Kier alpha value is -1.36. The first-order valence-electron chi connectivity index (χ1n) is 4.80. The second-order valence-corrected chi connectivity index (χ2v) is 5.40. The molecule has 0 aliphatic rings. The van der Waals surface area contributed by atoms with Crippen LogP contribution in [0.2, 0.25) is 0 Å². The van der Waals surface area contributed by atoms with Crippen LogP contribution in [0.1, 0.15) is 12.5 Å². The third kappa shape index (κ3) is 3.34. The van der Waals surface area contributed by atoms with Crippen molar-refractivity contribution in [2.24, 2.45) is 4.99 Å². The van der Waals surface area contributed by atoms with Crippen molar-refractivity contribution < 1.29 is 13.2 Å². The van der Waals surface area contributed by atoms with Gasteiger partial charge >= 0.3 is 0 Å². The van der Waals surface area contributed by atoms with Gasteiger partial charge in [0.05, 0.1) is 12.0 Å². The number of hydrogen-bond donors (Lipinski definition) is 0. The third-order valence-electron chi connectivity index (χ3n) is 2.13. The van der Waals surface area contributed by atoms with Crippen LogP contribution in [0.25, 0.3) is 0 Å². The monoisotopic (exact) mass is 241 g/mol. The van der Waals surface area contributed by atoms with E-state index in [4.69, 9.17) is 4.74 Å². The lowest BCUT2D eigenvalue weighted by atomic mass is 10.2. The average Bonchev–Trinajstić information content (AvgIpc) is 2.26. The molecule has 0 saturated heterocycles. The van der Waals surface area contributed by atoms with E-state index in [0.717, 1.165) is 5.56 Å². The number of benzene rings is 1. The standard InChI is InChI=1S/C11H15NO3S/c1-9-4-6-11(7-5-9)16(13,14)8-12-10(2)15-3/h4-7H,8H2,1-3H3/b12-10-. The van der Waals surface area contributed by atoms with Crippen molar-refractivity contribution in [3.63, 3.8) is 0 Å². The zero-order valence-electron chi connectivity index (χ0n) is 9.60. The second kappa shape index (κ2) is 5.12. The number of aryl methyl sites for hydroxylation is 1. The molecule has 4 nitrogen and oxygen atoms in total. The Balaban J connectivity index is 2.91. The molecule has 1 rings (SSSR count). The molecule has 0 heterocycles. The first-order valence-corrected chi connectivity index (χ1v) is 6.45. The van der Waals surface area contributed by atoms with Gasteiger partial charge in [-0.2, -0.15) is 0 Å². The maximum atomic E-state index is 11.8. The van der Waals surface area contributed by atoms with E-state index in [1.54, 1.807) is 31.2 Å². The summed E-state index contributed by atoms with van der Waals surface area (Å²) in [7, 11) is -1.89. The fourth-order valence-electron chi connectivity index (χ4n) is 1.06. The molecular formula is C11H15NO3S. The molecule has 0 N–H and O–H groups in total. The van der Waals surface area contributed by atoms with Crippen molar-refractivity contribution in [1.29, 1.82) is 0 Å². The molecule has 16 heavy (non-hydrogen) atoms. The molecule has 0 amide bonds. The largest absolute Gasteiger partial charge is 0.484 e. The number of methoxy groups -OCH3 is 1. The molecule has 0 unspecified atom stereocenters. The number of aliphatic imine (C=N–C) groups is 1. The van der Waals surface area contributed by atoms with Crippen molar-refractivity contribution in [1.82, 2.24) is 0 Å². The molecule has 0 saturated carbocycles. The number of sulfone groups is 1. The molecule has 0 aliphatic heterocycles. The van der Waals surface area contributed by atoms with E-state index in [0.29, 0.717) is 5.90 Å². The summed E-state index contributed by atoms with van der Waals surface area (Å²) in [4.78, 5) is 4.10. The van der Waals surface area contributed by atoms with Crippen molar-refractivity contribution in [2.75, 3.05) is 13.0 Å². The molecule has 0 aromatic heterocycles. The highest BCUT2D eigenvalue weighted by atomic mass is 32.2. The fraction of sp³-hybridized carbons (Fsp3) is 0.364. The Morgan fingerprint density at radius 3 is 2.38 bits per heavy atom. The van der Waals surface area contributed by atoms with Gasteiger partial charge in [0.25, 0.3) is 0 Å². The van der Waals surface area contributed by atoms with E-state index in [1.165, 1.54) is 7.11 Å². The van der Waals surface area contributed by atoms with E-state index in [1.807, 2.05) is 6.92 Å². The fourth-order valence-corrected chi connectivity index (χ4v) is 2.11. The maximum absolute atomic E-state index is 11.8. The summed E-state index contributed by atoms with van der Waals surface area (Å²) in [5, 5.41) is 0. The van der Waals surface area contributed by atoms with Crippen LogP contribution in [0.3, 0.4) is 0 Å². The zero-order valence-corrected chi connectivity index (χ0v) is 10.4. The predicted octanol–water partition coefficient (Wildman–Crippen LogP) is 1.79. The van der Waals surface area contributed by atoms with Crippen LogP contribution in [-0.2, 0) is 14.6 Å². The van der Waals surface area contributed by atoms with E-state index in [2.05, 4.69) is 4.99 Å². The van der Waals surface area contributed by atoms with Crippen LogP contribution in [0.4, 0.5) is 0 Å². The number of nitrogens with zero attached hydrogens (tertiary/aromatic N) is 1. The summed E-state index contributed by atoms with van der Waals surface area (Å²) in [5.74, 6) is 0.0751. The van der Waals surface area contributed by atoms with Crippen LogP contribution >= 0.6 is 0 Å². The SMILES string of the molecule is CO/C(C)=N\CS(=O)(=O)c1ccc(C)cc1. The normalized spacial score (nSPS) is 12.6. The quantitative estimate of drug-likeness (QED) is 0.599. The molecule has 0 atom stereocenters. The van der Waals surface area contributed by atoms with Gasteiger partial charge in [0.1, 0.15) is 5.88 Å². The molecule has 1 aromatic carbocycles. The Bertz CT molecular complexity index is 474. The van der Waals surface area contributed by atoms with Crippen LogP contribution in [0.15, 0.2) is 34.2 Å². The minimum atomic E-state index is -3.35. The minimum absolute atomic E-state index is 0.282. The molecule has 0 aliphatic carbocycles. The Morgan fingerprint density at radius 2 is 1.88 bits per heavy atom. The summed E-state index contributed by atoms with van der Waals surface area (Å²) in [6, 6.07) is 6.70. The maximum Gasteiger partial charge on any atom is 0.198 e. The molecule has 0 fully saturated rings. The highest BCUT2D eigenvalue weighted by Gasteiger charge is 2.13. The number of ether oxygens (including phenoxy) is 1. The molecule has 0 spiro atoms. The van der Waals surface area contributed by atoms with E-state index >= 15 is 0 Å². The van der Waals surface area contributed by atoms with Gasteiger partial charge in [0.15, 0.2) is 15.7 Å². The van der Waals surface area contributed by atoms with Crippen LogP contribution in [0.5, 0.6) is 0 Å². The van der Waals surface area contributed by atoms with Gasteiger partial charge in [0.2, 0.25) is 0 Å². The zero-order chi connectivity index (χ0) is 12.2. The van der Waals surface area contributed by atoms with Gasteiger partial charge in [-0.15, -0.1) is 0 Å². The van der Waals surface area contributed by atoms with Crippen molar-refractivity contribution in [3.8, 4) is 0 Å². The number of rotatable bonds is 3. The first kappa shape index (κ1) is 12.7. The Morgan fingerprint density at radius 1 is 1.31 bits per heavy atom. The van der Waals surface area contributed by atoms with E-state index in [-0.39, 0.29) is 10.8 Å². The minimum Gasteiger partial charge on any atom is -0.484 e. The summed E-state index contributed by atoms with van der Waals surface area (Å²) < 4.78 is 28.4. The summed E-state index contributed by atoms with van der Waals surface area (Å²) in [6.07, 6.45) is 0. The highest BCUT2D eigenvalue weighted by Crippen LogP contribution is 2.12. The second-order valence-electron chi connectivity index (χ2n) is 3.44. The summed E-state index contributed by atoms with van der Waals surface area (Å²) in [5.41, 5.74) is 1.02.